The van der Waals surface area contributed by atoms with Crippen molar-refractivity contribution in [1.29, 1.82) is 0 Å². The lowest BCUT2D eigenvalue weighted by Crippen LogP contribution is -2.54. The predicted octanol–water partition coefficient (Wildman–Crippen LogP) is 0.716. The number of likely N-dealkylation sites (tertiary alicyclic amines) is 2. The van der Waals surface area contributed by atoms with Crippen LogP contribution in [-0.2, 0) is 4.79 Å². The van der Waals surface area contributed by atoms with E-state index in [0.717, 1.165) is 19.4 Å². The summed E-state index contributed by atoms with van der Waals surface area (Å²) in [6.45, 7) is 4.18. The Labute approximate surface area is 113 Å². The molecule has 0 aromatic carbocycles. The third-order valence-corrected chi connectivity index (χ3v) is 4.38. The lowest BCUT2D eigenvalue weighted by Gasteiger charge is -2.40. The van der Waals surface area contributed by atoms with Crippen LogP contribution in [0.15, 0.2) is 0 Å². The van der Waals surface area contributed by atoms with Crippen molar-refractivity contribution in [3.8, 4) is 0 Å². The van der Waals surface area contributed by atoms with Crippen molar-refractivity contribution in [3.63, 3.8) is 0 Å². The molecular weight excluding hydrogens is 246 g/mol. The maximum atomic E-state index is 12.3. The molecule has 1 unspecified atom stereocenters. The van der Waals surface area contributed by atoms with Crippen molar-refractivity contribution in [2.75, 3.05) is 26.2 Å². The molecule has 108 valence electrons. The van der Waals surface area contributed by atoms with Crippen molar-refractivity contribution in [3.05, 3.63) is 0 Å². The second kappa shape index (κ2) is 5.36. The summed E-state index contributed by atoms with van der Waals surface area (Å²) in [6, 6.07) is 0.0920. The number of urea groups is 1. The Kier molecular flexibility index (Phi) is 3.99. The molecule has 19 heavy (non-hydrogen) atoms. The lowest BCUT2D eigenvalue weighted by molar-refractivity contribution is -0.150. The Balaban J connectivity index is 1.90. The van der Waals surface area contributed by atoms with Gasteiger partial charge >= 0.3 is 12.0 Å². The smallest absolute Gasteiger partial charge is 0.320 e. The number of carbonyl (C=O) groups is 2. The molecule has 2 aliphatic rings. The Bertz CT molecular complexity index is 364. The minimum absolute atomic E-state index is 0.0163. The summed E-state index contributed by atoms with van der Waals surface area (Å²) < 4.78 is 0. The summed E-state index contributed by atoms with van der Waals surface area (Å²) in [5, 5.41) is 9.18. The minimum Gasteiger partial charge on any atom is -0.481 e. The largest absolute Gasteiger partial charge is 0.481 e. The molecule has 6 heteroatoms. The minimum atomic E-state index is -0.764. The van der Waals surface area contributed by atoms with Crippen LogP contribution in [0.1, 0.15) is 32.6 Å². The standard InChI is InChI=1S/C13H23N3O3/c1-13(11(17)18)4-7-15(8-5-13)12(19)16-6-2-3-10(14)9-16/h10H,2-9,14H2,1H3,(H,17,18). The summed E-state index contributed by atoms with van der Waals surface area (Å²) in [5.41, 5.74) is 5.20. The second-order valence-corrected chi connectivity index (χ2v) is 5.98. The van der Waals surface area contributed by atoms with Gasteiger partial charge in [0.15, 0.2) is 0 Å². The molecule has 0 bridgehead atoms. The molecule has 0 aromatic rings. The van der Waals surface area contributed by atoms with E-state index in [1.165, 1.54) is 0 Å². The zero-order valence-electron chi connectivity index (χ0n) is 11.5. The first-order valence-corrected chi connectivity index (χ1v) is 6.95. The highest BCUT2D eigenvalue weighted by atomic mass is 16.4. The van der Waals surface area contributed by atoms with Gasteiger partial charge in [0.1, 0.15) is 0 Å². The average Bonchev–Trinajstić information content (AvgIpc) is 2.38. The fourth-order valence-corrected chi connectivity index (χ4v) is 2.79. The van der Waals surface area contributed by atoms with Crippen LogP contribution in [0, 0.1) is 5.41 Å². The summed E-state index contributed by atoms with van der Waals surface area (Å²) in [7, 11) is 0. The summed E-state index contributed by atoms with van der Waals surface area (Å²) >= 11 is 0. The van der Waals surface area contributed by atoms with Crippen LogP contribution >= 0.6 is 0 Å². The van der Waals surface area contributed by atoms with E-state index >= 15 is 0 Å². The first kappa shape index (κ1) is 14.1. The Morgan fingerprint density at radius 3 is 2.37 bits per heavy atom. The van der Waals surface area contributed by atoms with Crippen molar-refractivity contribution in [1.82, 2.24) is 9.80 Å². The van der Waals surface area contributed by atoms with Crippen molar-refractivity contribution in [2.24, 2.45) is 11.1 Å². The Morgan fingerprint density at radius 2 is 1.84 bits per heavy atom. The van der Waals surface area contributed by atoms with Gasteiger partial charge in [-0.05, 0) is 32.6 Å². The number of rotatable bonds is 1. The fourth-order valence-electron chi connectivity index (χ4n) is 2.79. The molecule has 2 rings (SSSR count). The van der Waals surface area contributed by atoms with Crippen LogP contribution in [-0.4, -0.2) is 59.1 Å². The highest BCUT2D eigenvalue weighted by Gasteiger charge is 2.39. The van der Waals surface area contributed by atoms with Gasteiger partial charge in [0, 0.05) is 32.2 Å². The van der Waals surface area contributed by atoms with Crippen molar-refractivity contribution < 1.29 is 14.7 Å². The second-order valence-electron chi connectivity index (χ2n) is 5.98. The van der Waals surface area contributed by atoms with E-state index in [2.05, 4.69) is 0 Å². The number of aliphatic carboxylic acids is 1. The molecule has 0 radical (unpaired) electrons. The average molecular weight is 269 g/mol. The highest BCUT2D eigenvalue weighted by molar-refractivity contribution is 5.77. The monoisotopic (exact) mass is 269 g/mol. The zero-order valence-corrected chi connectivity index (χ0v) is 11.5. The number of hydrogen-bond donors (Lipinski definition) is 2. The molecule has 3 N–H and O–H groups in total. The highest BCUT2D eigenvalue weighted by Crippen LogP contribution is 2.31. The molecule has 2 aliphatic heterocycles. The molecule has 0 spiro atoms. The Morgan fingerprint density at radius 1 is 1.21 bits per heavy atom. The molecule has 0 aliphatic carbocycles. The first-order valence-electron chi connectivity index (χ1n) is 6.95. The molecular formula is C13H23N3O3. The van der Waals surface area contributed by atoms with Gasteiger partial charge in [-0.25, -0.2) is 4.79 Å². The number of hydrogen-bond acceptors (Lipinski definition) is 3. The van der Waals surface area contributed by atoms with E-state index in [1.807, 2.05) is 0 Å². The number of amides is 2. The lowest BCUT2D eigenvalue weighted by atomic mass is 9.80. The molecule has 6 nitrogen and oxygen atoms in total. The molecule has 2 saturated heterocycles. The van der Waals surface area contributed by atoms with E-state index < -0.39 is 11.4 Å². The van der Waals surface area contributed by atoms with E-state index in [9.17, 15) is 14.7 Å². The van der Waals surface area contributed by atoms with E-state index in [1.54, 1.807) is 16.7 Å². The van der Waals surface area contributed by atoms with Crippen LogP contribution in [0.2, 0.25) is 0 Å². The van der Waals surface area contributed by atoms with Crippen LogP contribution < -0.4 is 5.73 Å². The van der Waals surface area contributed by atoms with Gasteiger partial charge in [0.05, 0.1) is 5.41 Å². The fraction of sp³-hybridized carbons (Fsp3) is 0.846. The molecule has 2 fully saturated rings. The van der Waals surface area contributed by atoms with Crippen molar-refractivity contribution in [2.45, 2.75) is 38.6 Å². The molecule has 2 heterocycles. The van der Waals surface area contributed by atoms with Gasteiger partial charge in [-0.15, -0.1) is 0 Å². The normalized spacial score (nSPS) is 27.2. The number of piperidine rings is 2. The van der Waals surface area contributed by atoms with E-state index in [-0.39, 0.29) is 12.1 Å². The van der Waals surface area contributed by atoms with Crippen LogP contribution in [0.3, 0.4) is 0 Å². The molecule has 2 amide bonds. The number of nitrogens with two attached hydrogens (primary N) is 1. The molecule has 0 aromatic heterocycles. The summed E-state index contributed by atoms with van der Waals surface area (Å²) in [5.74, 6) is -0.764. The van der Waals surface area contributed by atoms with Gasteiger partial charge in [-0.2, -0.15) is 0 Å². The van der Waals surface area contributed by atoms with Crippen LogP contribution in [0.5, 0.6) is 0 Å². The van der Waals surface area contributed by atoms with Gasteiger partial charge in [0.25, 0.3) is 0 Å². The maximum absolute atomic E-state index is 12.3. The van der Waals surface area contributed by atoms with Gasteiger partial charge in [0.2, 0.25) is 0 Å². The topological polar surface area (TPSA) is 86.9 Å². The third-order valence-electron chi connectivity index (χ3n) is 4.38. The van der Waals surface area contributed by atoms with Crippen LogP contribution in [0.4, 0.5) is 4.79 Å². The van der Waals surface area contributed by atoms with E-state index in [0.29, 0.717) is 32.5 Å². The number of nitrogens with zero attached hydrogens (tertiary/aromatic N) is 2. The van der Waals surface area contributed by atoms with Gasteiger partial charge < -0.3 is 20.6 Å². The zero-order chi connectivity index (χ0) is 14.0. The van der Waals surface area contributed by atoms with Crippen LogP contribution in [0.25, 0.3) is 0 Å². The molecule has 0 saturated carbocycles. The number of carbonyl (C=O) groups excluding carboxylic acids is 1. The molecule has 1 atom stereocenters. The van der Waals surface area contributed by atoms with Gasteiger partial charge in [-0.3, -0.25) is 4.79 Å². The van der Waals surface area contributed by atoms with E-state index in [4.69, 9.17) is 5.73 Å². The number of carboxylic acid groups (broad SMARTS) is 1. The SMILES string of the molecule is CC1(C(=O)O)CCN(C(=O)N2CCCC(N)C2)CC1. The third kappa shape index (κ3) is 3.00. The Hall–Kier alpha value is -1.30. The maximum Gasteiger partial charge on any atom is 0.320 e. The quantitative estimate of drug-likeness (QED) is 0.734. The summed E-state index contributed by atoms with van der Waals surface area (Å²) in [6.07, 6.45) is 2.97. The predicted molar refractivity (Wildman–Crippen MR) is 70.7 cm³/mol. The number of carboxylic acids is 1. The summed E-state index contributed by atoms with van der Waals surface area (Å²) in [4.78, 5) is 27.1. The van der Waals surface area contributed by atoms with Gasteiger partial charge in [-0.1, -0.05) is 0 Å². The van der Waals surface area contributed by atoms with Crippen molar-refractivity contribution >= 4 is 12.0 Å². The first-order chi connectivity index (χ1) is 8.92.